The average molecular weight is 274 g/mol. The lowest BCUT2D eigenvalue weighted by molar-refractivity contribution is -0.386. The third kappa shape index (κ3) is 3.28. The van der Waals surface area contributed by atoms with E-state index in [0.717, 1.165) is 6.54 Å². The van der Waals surface area contributed by atoms with Gasteiger partial charge in [0.2, 0.25) is 0 Å². The summed E-state index contributed by atoms with van der Waals surface area (Å²) in [4.78, 5) is 14.0. The predicted octanol–water partition coefficient (Wildman–Crippen LogP) is 1.01. The van der Waals surface area contributed by atoms with Gasteiger partial charge in [0.15, 0.2) is 0 Å². The van der Waals surface area contributed by atoms with Crippen LogP contribution < -0.4 is 10.1 Å². The molecule has 0 radical (unpaired) electrons. The van der Waals surface area contributed by atoms with E-state index in [4.69, 9.17) is 21.1 Å². The Morgan fingerprint density at radius 2 is 2.56 bits per heavy atom. The lowest BCUT2D eigenvalue weighted by Crippen LogP contribution is -2.41. The van der Waals surface area contributed by atoms with Crippen molar-refractivity contribution in [3.63, 3.8) is 0 Å². The van der Waals surface area contributed by atoms with Crippen molar-refractivity contribution in [2.24, 2.45) is 0 Å². The largest absolute Gasteiger partial charge is 0.470 e. The van der Waals surface area contributed by atoms with Gasteiger partial charge in [0.1, 0.15) is 12.7 Å². The van der Waals surface area contributed by atoms with Gasteiger partial charge in [-0.1, -0.05) is 11.6 Å². The van der Waals surface area contributed by atoms with Crippen molar-refractivity contribution in [2.75, 3.05) is 26.3 Å². The number of pyridine rings is 1. The maximum atomic E-state index is 10.8. The second-order valence-electron chi connectivity index (χ2n) is 3.74. The Hall–Kier alpha value is -1.44. The molecule has 1 aromatic heterocycles. The fourth-order valence-electron chi connectivity index (χ4n) is 1.56. The molecule has 18 heavy (non-hydrogen) atoms. The van der Waals surface area contributed by atoms with E-state index >= 15 is 0 Å². The van der Waals surface area contributed by atoms with Crippen LogP contribution in [-0.2, 0) is 4.74 Å². The average Bonchev–Trinajstić information content (AvgIpc) is 2.38. The number of ether oxygens (including phenoxy) is 2. The van der Waals surface area contributed by atoms with E-state index in [1.165, 1.54) is 12.3 Å². The van der Waals surface area contributed by atoms with Crippen molar-refractivity contribution in [3.8, 4) is 5.88 Å². The van der Waals surface area contributed by atoms with Gasteiger partial charge in [0, 0.05) is 19.2 Å². The first kappa shape index (κ1) is 13.0. The highest BCUT2D eigenvalue weighted by molar-refractivity contribution is 6.30. The molecule has 1 atom stereocenters. The Labute approximate surface area is 108 Å². The third-order valence-corrected chi connectivity index (χ3v) is 2.61. The molecule has 1 aliphatic heterocycles. The Morgan fingerprint density at radius 3 is 3.22 bits per heavy atom. The van der Waals surface area contributed by atoms with Gasteiger partial charge in [-0.2, -0.15) is 0 Å². The number of aromatic nitrogens is 1. The number of hydrogen-bond donors (Lipinski definition) is 1. The van der Waals surface area contributed by atoms with E-state index in [-0.39, 0.29) is 29.3 Å². The molecule has 7 nitrogen and oxygen atoms in total. The summed E-state index contributed by atoms with van der Waals surface area (Å²) in [7, 11) is 0. The molecular formula is C10H12ClN3O4. The van der Waals surface area contributed by atoms with Crippen LogP contribution in [0.4, 0.5) is 5.69 Å². The highest BCUT2D eigenvalue weighted by Gasteiger charge is 2.20. The SMILES string of the molecule is O=[N+]([O-])c1cc(Cl)cnc1OCC1CNCCO1. The lowest BCUT2D eigenvalue weighted by Gasteiger charge is -2.23. The van der Waals surface area contributed by atoms with Gasteiger partial charge in [0.25, 0.3) is 5.88 Å². The highest BCUT2D eigenvalue weighted by Crippen LogP contribution is 2.27. The van der Waals surface area contributed by atoms with Gasteiger partial charge in [-0.3, -0.25) is 10.1 Å². The topological polar surface area (TPSA) is 86.5 Å². The predicted molar refractivity (Wildman–Crippen MR) is 64.0 cm³/mol. The van der Waals surface area contributed by atoms with Crippen LogP contribution in [0.25, 0.3) is 0 Å². The number of rotatable bonds is 4. The van der Waals surface area contributed by atoms with Gasteiger partial charge in [-0.15, -0.1) is 0 Å². The minimum Gasteiger partial charge on any atom is -0.470 e. The standard InChI is InChI=1S/C10H12ClN3O4/c11-7-3-9(14(15)16)10(13-4-7)18-6-8-5-12-1-2-17-8/h3-4,8,12H,1-2,5-6H2. The summed E-state index contributed by atoms with van der Waals surface area (Å²) in [5.74, 6) is -0.0430. The van der Waals surface area contributed by atoms with Gasteiger partial charge in [-0.05, 0) is 0 Å². The van der Waals surface area contributed by atoms with E-state index in [1.54, 1.807) is 0 Å². The Balaban J connectivity index is 2.01. The zero-order chi connectivity index (χ0) is 13.0. The maximum Gasteiger partial charge on any atom is 0.332 e. The molecule has 0 aliphatic carbocycles. The summed E-state index contributed by atoms with van der Waals surface area (Å²) in [6.45, 7) is 2.27. The van der Waals surface area contributed by atoms with Crippen molar-refractivity contribution in [2.45, 2.75) is 6.10 Å². The molecule has 2 rings (SSSR count). The minimum absolute atomic E-state index is 0.0430. The fourth-order valence-corrected chi connectivity index (χ4v) is 1.71. The van der Waals surface area contributed by atoms with E-state index < -0.39 is 4.92 Å². The van der Waals surface area contributed by atoms with E-state index in [0.29, 0.717) is 13.2 Å². The van der Waals surface area contributed by atoms with Crippen LogP contribution in [0.1, 0.15) is 0 Å². The molecule has 2 heterocycles. The summed E-state index contributed by atoms with van der Waals surface area (Å²) in [6.07, 6.45) is 1.18. The van der Waals surface area contributed by atoms with Crippen LogP contribution >= 0.6 is 11.6 Å². The van der Waals surface area contributed by atoms with Crippen LogP contribution in [0.3, 0.4) is 0 Å². The fraction of sp³-hybridized carbons (Fsp3) is 0.500. The van der Waals surface area contributed by atoms with Crippen molar-refractivity contribution in [1.29, 1.82) is 0 Å². The summed E-state index contributed by atoms with van der Waals surface area (Å²) in [6, 6.07) is 1.21. The van der Waals surface area contributed by atoms with Crippen molar-refractivity contribution in [3.05, 3.63) is 27.4 Å². The summed E-state index contributed by atoms with van der Waals surface area (Å²) in [5.41, 5.74) is -0.244. The molecule has 1 unspecified atom stereocenters. The molecule has 1 aromatic rings. The molecule has 1 aliphatic rings. The molecule has 0 aromatic carbocycles. The Kier molecular flexibility index (Phi) is 4.29. The molecule has 0 bridgehead atoms. The molecular weight excluding hydrogens is 262 g/mol. The number of halogens is 1. The van der Waals surface area contributed by atoms with Gasteiger partial charge >= 0.3 is 5.69 Å². The second-order valence-corrected chi connectivity index (χ2v) is 4.18. The van der Waals surface area contributed by atoms with Crippen LogP contribution in [0.5, 0.6) is 5.88 Å². The second kappa shape index (κ2) is 5.94. The number of nitrogens with one attached hydrogen (secondary N) is 1. The first-order valence-corrected chi connectivity index (χ1v) is 5.79. The summed E-state index contributed by atoms with van der Waals surface area (Å²) >= 11 is 5.65. The molecule has 0 amide bonds. The molecule has 1 N–H and O–H groups in total. The first-order valence-electron chi connectivity index (χ1n) is 5.42. The Morgan fingerprint density at radius 1 is 1.72 bits per heavy atom. The Bertz CT molecular complexity index is 437. The number of morpholine rings is 1. The molecule has 1 fully saturated rings. The van der Waals surface area contributed by atoms with E-state index in [1.807, 2.05) is 0 Å². The van der Waals surface area contributed by atoms with Gasteiger partial charge < -0.3 is 14.8 Å². The van der Waals surface area contributed by atoms with Gasteiger partial charge in [-0.25, -0.2) is 4.98 Å². The van der Waals surface area contributed by atoms with Crippen LogP contribution in [0.2, 0.25) is 5.02 Å². The quantitative estimate of drug-likeness (QED) is 0.651. The third-order valence-electron chi connectivity index (χ3n) is 2.41. The van der Waals surface area contributed by atoms with Crippen molar-refractivity contribution in [1.82, 2.24) is 10.3 Å². The summed E-state index contributed by atoms with van der Waals surface area (Å²) in [5, 5.41) is 14.1. The zero-order valence-corrected chi connectivity index (χ0v) is 10.2. The number of hydrogen-bond acceptors (Lipinski definition) is 6. The molecule has 98 valence electrons. The molecule has 1 saturated heterocycles. The number of nitrogens with zero attached hydrogens (tertiary/aromatic N) is 2. The number of nitro groups is 1. The van der Waals surface area contributed by atoms with Crippen molar-refractivity contribution >= 4 is 17.3 Å². The minimum atomic E-state index is -0.575. The zero-order valence-electron chi connectivity index (χ0n) is 9.47. The van der Waals surface area contributed by atoms with E-state index in [2.05, 4.69) is 10.3 Å². The highest BCUT2D eigenvalue weighted by atomic mass is 35.5. The van der Waals surface area contributed by atoms with Gasteiger partial charge in [0.05, 0.1) is 22.7 Å². The monoisotopic (exact) mass is 273 g/mol. The maximum absolute atomic E-state index is 10.8. The van der Waals surface area contributed by atoms with Crippen LogP contribution in [-0.4, -0.2) is 42.3 Å². The van der Waals surface area contributed by atoms with Crippen molar-refractivity contribution < 1.29 is 14.4 Å². The lowest BCUT2D eigenvalue weighted by atomic mass is 10.3. The molecule has 0 spiro atoms. The molecule has 8 heteroatoms. The normalized spacial score (nSPS) is 19.5. The van der Waals surface area contributed by atoms with Crippen LogP contribution in [0, 0.1) is 10.1 Å². The van der Waals surface area contributed by atoms with Crippen LogP contribution in [0.15, 0.2) is 12.3 Å². The summed E-state index contributed by atoms with van der Waals surface area (Å²) < 4.78 is 10.7. The molecule has 0 saturated carbocycles. The smallest absolute Gasteiger partial charge is 0.332 e. The van der Waals surface area contributed by atoms with E-state index in [9.17, 15) is 10.1 Å². The first-order chi connectivity index (χ1) is 8.66.